The summed E-state index contributed by atoms with van der Waals surface area (Å²) in [5, 5.41) is 10.1. The summed E-state index contributed by atoms with van der Waals surface area (Å²) in [6.45, 7) is 0. The standard InChI is InChI=1S/C8H7N3O3/c1-13-8(12)14-6-4-2-3-5-7(6)10-11-9-5/h2-4H,1H3,(H,9,10,11). The quantitative estimate of drug-likeness (QED) is 0.542. The molecule has 0 saturated heterocycles. The van der Waals surface area contributed by atoms with Crippen LogP contribution in [0.3, 0.4) is 0 Å². The van der Waals surface area contributed by atoms with Crippen molar-refractivity contribution in [3.8, 4) is 5.75 Å². The maximum absolute atomic E-state index is 10.8. The molecule has 0 spiro atoms. The van der Waals surface area contributed by atoms with Crippen LogP contribution in [0, 0.1) is 0 Å². The van der Waals surface area contributed by atoms with Crippen molar-refractivity contribution in [1.29, 1.82) is 0 Å². The SMILES string of the molecule is COC(=O)Oc1cccc2n[nH]nc12. The number of methoxy groups -OCH3 is 1. The van der Waals surface area contributed by atoms with E-state index in [2.05, 4.69) is 20.1 Å². The number of nitrogens with one attached hydrogen (secondary N) is 1. The van der Waals surface area contributed by atoms with Gasteiger partial charge in [0.1, 0.15) is 5.52 Å². The van der Waals surface area contributed by atoms with Gasteiger partial charge in [0.05, 0.1) is 7.11 Å². The van der Waals surface area contributed by atoms with E-state index in [9.17, 15) is 4.79 Å². The molecule has 6 nitrogen and oxygen atoms in total. The van der Waals surface area contributed by atoms with E-state index < -0.39 is 6.16 Å². The van der Waals surface area contributed by atoms with E-state index in [0.29, 0.717) is 16.8 Å². The van der Waals surface area contributed by atoms with Crippen molar-refractivity contribution in [2.24, 2.45) is 0 Å². The number of ether oxygens (including phenoxy) is 2. The van der Waals surface area contributed by atoms with Gasteiger partial charge in [-0.25, -0.2) is 4.79 Å². The highest BCUT2D eigenvalue weighted by Gasteiger charge is 2.09. The summed E-state index contributed by atoms with van der Waals surface area (Å²) in [6.07, 6.45) is -0.777. The number of hydrogen-bond acceptors (Lipinski definition) is 5. The fourth-order valence-corrected chi connectivity index (χ4v) is 1.06. The van der Waals surface area contributed by atoms with E-state index in [1.54, 1.807) is 18.2 Å². The Labute approximate surface area is 78.8 Å². The molecule has 0 aliphatic rings. The van der Waals surface area contributed by atoms with Crippen LogP contribution in [0.5, 0.6) is 5.75 Å². The Morgan fingerprint density at radius 3 is 3.07 bits per heavy atom. The highest BCUT2D eigenvalue weighted by atomic mass is 16.7. The number of nitrogens with zero attached hydrogens (tertiary/aromatic N) is 2. The molecule has 0 aliphatic heterocycles. The minimum Gasteiger partial charge on any atom is -0.437 e. The lowest BCUT2D eigenvalue weighted by Crippen LogP contribution is -2.07. The molecule has 1 aromatic carbocycles. The second-order valence-corrected chi connectivity index (χ2v) is 2.50. The van der Waals surface area contributed by atoms with Crippen LogP contribution in [-0.4, -0.2) is 28.7 Å². The number of benzene rings is 1. The van der Waals surface area contributed by atoms with Crippen LogP contribution < -0.4 is 4.74 Å². The first kappa shape index (κ1) is 8.49. The minimum atomic E-state index is -0.777. The topological polar surface area (TPSA) is 77.1 Å². The van der Waals surface area contributed by atoms with E-state index >= 15 is 0 Å². The fourth-order valence-electron chi connectivity index (χ4n) is 1.06. The highest BCUT2D eigenvalue weighted by molar-refractivity contribution is 5.82. The molecule has 0 fully saturated rings. The number of aromatic nitrogens is 3. The van der Waals surface area contributed by atoms with Gasteiger partial charge in [-0.15, -0.1) is 0 Å². The van der Waals surface area contributed by atoms with Gasteiger partial charge in [0.15, 0.2) is 11.3 Å². The van der Waals surface area contributed by atoms with Crippen molar-refractivity contribution >= 4 is 17.2 Å². The Balaban J connectivity index is 2.41. The van der Waals surface area contributed by atoms with Gasteiger partial charge < -0.3 is 9.47 Å². The summed E-state index contributed by atoms with van der Waals surface area (Å²) < 4.78 is 9.21. The van der Waals surface area contributed by atoms with Gasteiger partial charge in [-0.2, -0.15) is 15.4 Å². The Bertz CT molecular complexity index is 466. The van der Waals surface area contributed by atoms with Crippen molar-refractivity contribution < 1.29 is 14.3 Å². The van der Waals surface area contributed by atoms with E-state index in [-0.39, 0.29) is 0 Å². The molecule has 1 aromatic heterocycles. The molecule has 6 heteroatoms. The third-order valence-corrected chi connectivity index (χ3v) is 1.67. The predicted octanol–water partition coefficient (Wildman–Crippen LogP) is 1.10. The number of para-hydroxylation sites is 1. The molecule has 0 aliphatic carbocycles. The molecular formula is C8H7N3O3. The summed E-state index contributed by atoms with van der Waals surface area (Å²) in [6, 6.07) is 5.08. The number of aromatic amines is 1. The van der Waals surface area contributed by atoms with E-state index in [1.807, 2.05) is 0 Å². The maximum Gasteiger partial charge on any atom is 0.513 e. The number of fused-ring (bicyclic) bond motifs is 1. The third-order valence-electron chi connectivity index (χ3n) is 1.67. The first-order chi connectivity index (χ1) is 6.81. The molecule has 14 heavy (non-hydrogen) atoms. The van der Waals surface area contributed by atoms with Crippen LogP contribution in [-0.2, 0) is 4.74 Å². The van der Waals surface area contributed by atoms with Gasteiger partial charge in [0.2, 0.25) is 0 Å². The molecule has 2 aromatic rings. The van der Waals surface area contributed by atoms with E-state index in [0.717, 1.165) is 0 Å². The second-order valence-electron chi connectivity index (χ2n) is 2.50. The van der Waals surface area contributed by atoms with Crippen molar-refractivity contribution in [2.45, 2.75) is 0 Å². The summed E-state index contributed by atoms with van der Waals surface area (Å²) >= 11 is 0. The van der Waals surface area contributed by atoms with Gasteiger partial charge in [-0.1, -0.05) is 6.07 Å². The minimum absolute atomic E-state index is 0.322. The second kappa shape index (κ2) is 3.33. The average Bonchev–Trinajstić information content (AvgIpc) is 2.66. The Kier molecular flexibility index (Phi) is 2.02. The van der Waals surface area contributed by atoms with Gasteiger partial charge >= 0.3 is 6.16 Å². The van der Waals surface area contributed by atoms with Gasteiger partial charge in [0, 0.05) is 0 Å². The van der Waals surface area contributed by atoms with Crippen LogP contribution in [0.25, 0.3) is 11.0 Å². The van der Waals surface area contributed by atoms with Crippen LogP contribution in [0.15, 0.2) is 18.2 Å². The van der Waals surface area contributed by atoms with Crippen molar-refractivity contribution in [1.82, 2.24) is 15.4 Å². The summed E-state index contributed by atoms with van der Waals surface area (Å²) in [4.78, 5) is 10.8. The van der Waals surface area contributed by atoms with Crippen LogP contribution in [0.4, 0.5) is 4.79 Å². The first-order valence-electron chi connectivity index (χ1n) is 3.86. The monoisotopic (exact) mass is 193 g/mol. The molecule has 1 heterocycles. The van der Waals surface area contributed by atoms with Crippen LogP contribution >= 0.6 is 0 Å². The lowest BCUT2D eigenvalue weighted by molar-refractivity contribution is 0.122. The molecule has 2 rings (SSSR count). The summed E-state index contributed by atoms with van der Waals surface area (Å²) in [5.74, 6) is 0.322. The molecular weight excluding hydrogens is 186 g/mol. The third kappa shape index (κ3) is 1.37. The van der Waals surface area contributed by atoms with E-state index in [4.69, 9.17) is 4.74 Å². The maximum atomic E-state index is 10.8. The Morgan fingerprint density at radius 2 is 2.29 bits per heavy atom. The summed E-state index contributed by atoms with van der Waals surface area (Å²) in [7, 11) is 1.24. The predicted molar refractivity (Wildman–Crippen MR) is 46.9 cm³/mol. The zero-order chi connectivity index (χ0) is 9.97. The lowest BCUT2D eigenvalue weighted by Gasteiger charge is -2.01. The molecule has 72 valence electrons. The summed E-state index contributed by atoms with van der Waals surface area (Å²) in [5.41, 5.74) is 1.13. The largest absolute Gasteiger partial charge is 0.513 e. The van der Waals surface area contributed by atoms with E-state index in [1.165, 1.54) is 7.11 Å². The van der Waals surface area contributed by atoms with Crippen LogP contribution in [0.1, 0.15) is 0 Å². The number of carbonyl (C=O) groups excluding carboxylic acids is 1. The zero-order valence-corrected chi connectivity index (χ0v) is 7.35. The van der Waals surface area contributed by atoms with Gasteiger partial charge in [-0.05, 0) is 12.1 Å². The molecule has 0 radical (unpaired) electrons. The Morgan fingerprint density at radius 1 is 1.43 bits per heavy atom. The van der Waals surface area contributed by atoms with Crippen molar-refractivity contribution in [3.63, 3.8) is 0 Å². The van der Waals surface area contributed by atoms with Gasteiger partial charge in [0.25, 0.3) is 0 Å². The first-order valence-corrected chi connectivity index (χ1v) is 3.86. The van der Waals surface area contributed by atoms with Crippen molar-refractivity contribution in [3.05, 3.63) is 18.2 Å². The molecule has 0 unspecified atom stereocenters. The smallest absolute Gasteiger partial charge is 0.437 e. The molecule has 0 amide bonds. The van der Waals surface area contributed by atoms with Gasteiger partial charge in [-0.3, -0.25) is 0 Å². The number of H-pyrrole nitrogens is 1. The highest BCUT2D eigenvalue weighted by Crippen LogP contribution is 2.21. The molecule has 0 bridgehead atoms. The van der Waals surface area contributed by atoms with Crippen LogP contribution in [0.2, 0.25) is 0 Å². The average molecular weight is 193 g/mol. The fraction of sp³-hybridized carbons (Fsp3) is 0.125. The molecule has 1 N–H and O–H groups in total. The number of hydrogen-bond donors (Lipinski definition) is 1. The molecule has 0 saturated carbocycles. The normalized spacial score (nSPS) is 10.1. The lowest BCUT2D eigenvalue weighted by atomic mass is 10.3. The molecule has 0 atom stereocenters. The Hall–Kier alpha value is -2.11. The number of carbonyl (C=O) groups is 1. The zero-order valence-electron chi connectivity index (χ0n) is 7.35. The van der Waals surface area contributed by atoms with Crippen molar-refractivity contribution in [2.75, 3.05) is 7.11 Å². The number of rotatable bonds is 1.